The normalized spacial score (nSPS) is 15.3. The summed E-state index contributed by atoms with van der Waals surface area (Å²) in [5.41, 5.74) is 4.98. The van der Waals surface area contributed by atoms with Gasteiger partial charge in [-0.3, -0.25) is 9.48 Å². The van der Waals surface area contributed by atoms with Gasteiger partial charge in [0.25, 0.3) is 0 Å². The van der Waals surface area contributed by atoms with Crippen LogP contribution in [0.3, 0.4) is 0 Å². The number of carbonyl (C=O) groups excluding carboxylic acids is 1. The van der Waals surface area contributed by atoms with Crippen LogP contribution in [-0.2, 0) is 11.8 Å². The fourth-order valence-corrected chi connectivity index (χ4v) is 1.92. The number of para-hydroxylation sites is 1. The molecule has 5 nitrogen and oxygen atoms in total. The van der Waals surface area contributed by atoms with Crippen molar-refractivity contribution in [2.45, 2.75) is 6.42 Å². The summed E-state index contributed by atoms with van der Waals surface area (Å²) in [5, 5.41) is 9.42. The van der Waals surface area contributed by atoms with Gasteiger partial charge in [-0.2, -0.15) is 10.2 Å². The maximum absolute atomic E-state index is 11.1. The van der Waals surface area contributed by atoms with E-state index in [1.807, 2.05) is 31.3 Å². The topological polar surface area (TPSA) is 59.3 Å². The molecule has 1 aromatic heterocycles. The number of fused-ring (bicyclic) bond motifs is 1. The molecular weight excluding hydrogens is 204 g/mol. The molecule has 0 atom stereocenters. The van der Waals surface area contributed by atoms with Crippen molar-refractivity contribution in [3.8, 4) is 0 Å². The van der Waals surface area contributed by atoms with Crippen LogP contribution in [0, 0.1) is 0 Å². The first-order chi connectivity index (χ1) is 7.75. The van der Waals surface area contributed by atoms with Gasteiger partial charge in [0.1, 0.15) is 5.69 Å². The van der Waals surface area contributed by atoms with Gasteiger partial charge in [-0.05, 0) is 6.07 Å². The van der Waals surface area contributed by atoms with Gasteiger partial charge in [0.15, 0.2) is 0 Å². The molecule has 0 saturated carbocycles. The summed E-state index contributed by atoms with van der Waals surface area (Å²) in [4.78, 5) is 11.1. The molecule has 1 amide bonds. The van der Waals surface area contributed by atoms with Crippen LogP contribution in [-0.4, -0.2) is 21.4 Å². The Morgan fingerprint density at radius 1 is 1.38 bits per heavy atom. The van der Waals surface area contributed by atoms with Gasteiger partial charge in [0, 0.05) is 12.4 Å². The molecule has 80 valence electrons. The van der Waals surface area contributed by atoms with Crippen molar-refractivity contribution in [1.29, 1.82) is 0 Å². The van der Waals surface area contributed by atoms with E-state index in [4.69, 9.17) is 0 Å². The third-order valence-corrected chi connectivity index (χ3v) is 2.67. The first kappa shape index (κ1) is 9.08. The molecule has 0 fully saturated rings. The van der Waals surface area contributed by atoms with Crippen LogP contribution in [0.15, 0.2) is 29.4 Å². The van der Waals surface area contributed by atoms with Crippen molar-refractivity contribution in [1.82, 2.24) is 15.2 Å². The minimum absolute atomic E-state index is 0.0789. The molecule has 0 bridgehead atoms. The molecule has 0 unspecified atom stereocenters. The number of hydrogen-bond donors (Lipinski definition) is 1. The van der Waals surface area contributed by atoms with E-state index in [0.29, 0.717) is 12.1 Å². The summed E-state index contributed by atoms with van der Waals surface area (Å²) in [6.45, 7) is 0. The third kappa shape index (κ3) is 1.21. The van der Waals surface area contributed by atoms with E-state index in [1.54, 1.807) is 4.68 Å². The zero-order chi connectivity index (χ0) is 11.1. The van der Waals surface area contributed by atoms with Gasteiger partial charge in [-0.15, -0.1) is 0 Å². The van der Waals surface area contributed by atoms with E-state index in [-0.39, 0.29) is 5.91 Å². The molecule has 5 heteroatoms. The number of carbonyl (C=O) groups is 1. The molecular formula is C11H10N4O. The number of hydrogen-bond acceptors (Lipinski definition) is 3. The van der Waals surface area contributed by atoms with Crippen molar-refractivity contribution < 1.29 is 4.79 Å². The highest BCUT2D eigenvalue weighted by Gasteiger charge is 2.21. The average molecular weight is 214 g/mol. The van der Waals surface area contributed by atoms with E-state index in [1.165, 1.54) is 0 Å². The summed E-state index contributed by atoms with van der Waals surface area (Å²) in [7, 11) is 1.89. The molecule has 1 aromatic carbocycles. The lowest BCUT2D eigenvalue weighted by Gasteiger charge is -1.92. The highest BCUT2D eigenvalue weighted by molar-refractivity contribution is 6.17. The molecule has 3 rings (SSSR count). The van der Waals surface area contributed by atoms with E-state index in [2.05, 4.69) is 15.6 Å². The summed E-state index contributed by atoms with van der Waals surface area (Å²) >= 11 is 0. The fourth-order valence-electron chi connectivity index (χ4n) is 1.92. The molecule has 1 aliphatic rings. The molecule has 0 spiro atoms. The fraction of sp³-hybridized carbons (Fsp3) is 0.182. The number of amides is 1. The highest BCUT2D eigenvalue weighted by Crippen LogP contribution is 2.20. The maximum Gasteiger partial charge on any atom is 0.246 e. The number of rotatable bonds is 1. The van der Waals surface area contributed by atoms with Gasteiger partial charge in [0.05, 0.1) is 17.6 Å². The lowest BCUT2D eigenvalue weighted by Crippen LogP contribution is -2.09. The van der Waals surface area contributed by atoms with Crippen LogP contribution in [0.5, 0.6) is 0 Å². The smallest absolute Gasteiger partial charge is 0.246 e. The van der Waals surface area contributed by atoms with Gasteiger partial charge >= 0.3 is 0 Å². The van der Waals surface area contributed by atoms with Crippen LogP contribution < -0.4 is 5.43 Å². The Kier molecular flexibility index (Phi) is 1.80. The molecule has 0 aliphatic carbocycles. The molecule has 0 saturated heterocycles. The zero-order valence-corrected chi connectivity index (χ0v) is 8.77. The maximum atomic E-state index is 11.1. The lowest BCUT2D eigenvalue weighted by atomic mass is 10.1. The van der Waals surface area contributed by atoms with Gasteiger partial charge in [-0.25, -0.2) is 5.43 Å². The molecule has 2 aromatic rings. The van der Waals surface area contributed by atoms with E-state index in [9.17, 15) is 4.79 Å². The Labute approximate surface area is 91.8 Å². The molecule has 2 heterocycles. The van der Waals surface area contributed by atoms with Crippen LogP contribution in [0.1, 0.15) is 12.1 Å². The van der Waals surface area contributed by atoms with Crippen LogP contribution >= 0.6 is 0 Å². The summed E-state index contributed by atoms with van der Waals surface area (Å²) < 4.78 is 1.80. The average Bonchev–Trinajstić information content (AvgIpc) is 2.84. The Balaban J connectivity index is 2.21. The summed E-state index contributed by atoms with van der Waals surface area (Å²) in [6.07, 6.45) is 0.307. The zero-order valence-electron chi connectivity index (χ0n) is 8.77. The third-order valence-electron chi connectivity index (χ3n) is 2.67. The SMILES string of the molecule is Cn1nc(C2=NNC(=O)C2)c2ccccc21. The first-order valence-electron chi connectivity index (χ1n) is 5.03. The Bertz CT molecular complexity index is 611. The quantitative estimate of drug-likeness (QED) is 0.763. The Hall–Kier alpha value is -2.17. The van der Waals surface area contributed by atoms with Crippen molar-refractivity contribution in [2.24, 2.45) is 12.1 Å². The second-order valence-electron chi connectivity index (χ2n) is 3.76. The second kappa shape index (κ2) is 3.16. The van der Waals surface area contributed by atoms with E-state index < -0.39 is 0 Å². The van der Waals surface area contributed by atoms with Crippen LogP contribution in [0.25, 0.3) is 10.9 Å². The number of hydrazone groups is 1. The van der Waals surface area contributed by atoms with E-state index >= 15 is 0 Å². The number of nitrogens with one attached hydrogen (secondary N) is 1. The minimum Gasteiger partial charge on any atom is -0.273 e. The van der Waals surface area contributed by atoms with Crippen molar-refractivity contribution in [3.63, 3.8) is 0 Å². The molecule has 0 radical (unpaired) electrons. The number of aryl methyl sites for hydroxylation is 1. The van der Waals surface area contributed by atoms with Gasteiger partial charge < -0.3 is 0 Å². The van der Waals surface area contributed by atoms with Crippen molar-refractivity contribution in [2.75, 3.05) is 0 Å². The van der Waals surface area contributed by atoms with Crippen LogP contribution in [0.4, 0.5) is 0 Å². The minimum atomic E-state index is -0.0789. The highest BCUT2D eigenvalue weighted by atomic mass is 16.2. The van der Waals surface area contributed by atoms with Crippen LogP contribution in [0.2, 0.25) is 0 Å². The number of aromatic nitrogens is 2. The van der Waals surface area contributed by atoms with Gasteiger partial charge in [-0.1, -0.05) is 18.2 Å². The standard InChI is InChI=1S/C11H10N4O/c1-15-9-5-3-2-4-7(9)11(14-15)8-6-10(16)13-12-8/h2-5H,6H2,1H3,(H,13,16). The summed E-state index contributed by atoms with van der Waals surface area (Å²) in [6, 6.07) is 7.91. The van der Waals surface area contributed by atoms with Gasteiger partial charge in [0.2, 0.25) is 5.91 Å². The lowest BCUT2D eigenvalue weighted by molar-refractivity contribution is -0.119. The predicted octanol–water partition coefficient (Wildman–Crippen LogP) is 0.797. The largest absolute Gasteiger partial charge is 0.273 e. The van der Waals surface area contributed by atoms with Crippen molar-refractivity contribution >= 4 is 22.5 Å². The predicted molar refractivity (Wildman–Crippen MR) is 60.0 cm³/mol. The summed E-state index contributed by atoms with van der Waals surface area (Å²) in [5.74, 6) is -0.0789. The molecule has 16 heavy (non-hydrogen) atoms. The van der Waals surface area contributed by atoms with Crippen molar-refractivity contribution in [3.05, 3.63) is 30.0 Å². The monoisotopic (exact) mass is 214 g/mol. The molecule has 1 aliphatic heterocycles. The second-order valence-corrected chi connectivity index (χ2v) is 3.76. The molecule has 1 N–H and O–H groups in total. The first-order valence-corrected chi connectivity index (χ1v) is 5.03. The Morgan fingerprint density at radius 2 is 2.19 bits per heavy atom. The Morgan fingerprint density at radius 3 is 2.94 bits per heavy atom. The number of nitrogens with zero attached hydrogens (tertiary/aromatic N) is 3. The number of benzene rings is 1. The van der Waals surface area contributed by atoms with E-state index in [0.717, 1.165) is 16.6 Å².